The average molecular weight is 206 g/mol. The molecule has 1 heterocycles. The molecule has 0 aromatic rings. The van der Waals surface area contributed by atoms with Gasteiger partial charge in [-0.15, -0.1) is 0 Å². The molecule has 0 aliphatic carbocycles. The summed E-state index contributed by atoms with van der Waals surface area (Å²) < 4.78 is 9.67. The van der Waals surface area contributed by atoms with Crippen molar-refractivity contribution in [2.24, 2.45) is 0 Å². The molecule has 6 nitrogen and oxygen atoms in total. The quantitative estimate of drug-likeness (QED) is 0.485. The first-order valence-electron chi connectivity index (χ1n) is 4.22. The van der Waals surface area contributed by atoms with Crippen molar-refractivity contribution in [2.75, 3.05) is 7.11 Å². The van der Waals surface area contributed by atoms with Gasteiger partial charge in [0.2, 0.25) is 0 Å². The Kier molecular flexibility index (Phi) is 3.57. The Morgan fingerprint density at radius 3 is 2.21 bits per heavy atom. The Bertz CT molecular complexity index is 216. The van der Waals surface area contributed by atoms with Crippen LogP contribution in [0.1, 0.15) is 6.92 Å². The van der Waals surface area contributed by atoms with Gasteiger partial charge in [-0.25, -0.2) is 0 Å². The molecule has 0 amide bonds. The monoisotopic (exact) mass is 206 g/mol. The summed E-state index contributed by atoms with van der Waals surface area (Å²) in [5.41, 5.74) is 0. The predicted octanol–water partition coefficient (Wildman–Crippen LogP) is -1.97. The zero-order valence-electron chi connectivity index (χ0n) is 7.95. The summed E-state index contributed by atoms with van der Waals surface area (Å²) in [7, 11) is 1.27. The Morgan fingerprint density at radius 1 is 1.21 bits per heavy atom. The van der Waals surface area contributed by atoms with Crippen LogP contribution in [0.25, 0.3) is 0 Å². The van der Waals surface area contributed by atoms with Crippen molar-refractivity contribution in [2.45, 2.75) is 37.6 Å². The van der Waals surface area contributed by atoms with Gasteiger partial charge < -0.3 is 24.8 Å². The molecule has 0 aromatic heterocycles. The zero-order chi connectivity index (χ0) is 10.9. The molecule has 6 heteroatoms. The van der Waals surface area contributed by atoms with Gasteiger partial charge in [-0.3, -0.25) is 4.79 Å². The second kappa shape index (κ2) is 4.33. The lowest BCUT2D eigenvalue weighted by molar-refractivity contribution is -0.282. The van der Waals surface area contributed by atoms with Crippen LogP contribution in [-0.4, -0.2) is 58.9 Å². The van der Waals surface area contributed by atoms with E-state index < -0.39 is 36.5 Å². The van der Waals surface area contributed by atoms with Crippen LogP contribution in [-0.2, 0) is 14.3 Å². The first-order chi connectivity index (χ1) is 6.49. The minimum absolute atomic E-state index is 0.425. The number of hydrogen-bond acceptors (Lipinski definition) is 6. The smallest absolute Gasteiger partial charge is 0.186 e. The lowest BCUT2D eigenvalue weighted by Gasteiger charge is -2.38. The van der Waals surface area contributed by atoms with Gasteiger partial charge in [-0.1, -0.05) is 0 Å². The van der Waals surface area contributed by atoms with E-state index in [0.717, 1.165) is 0 Å². The molecule has 1 rings (SSSR count). The third kappa shape index (κ3) is 1.94. The van der Waals surface area contributed by atoms with E-state index in [1.165, 1.54) is 14.0 Å². The minimum atomic E-state index is -1.44. The highest BCUT2D eigenvalue weighted by atomic mass is 16.7. The first kappa shape index (κ1) is 11.5. The van der Waals surface area contributed by atoms with Gasteiger partial charge >= 0.3 is 0 Å². The highest BCUT2D eigenvalue weighted by molar-refractivity contribution is 5.81. The molecule has 0 spiro atoms. The van der Waals surface area contributed by atoms with Crippen molar-refractivity contribution in [1.29, 1.82) is 0 Å². The maximum atomic E-state index is 11.0. The maximum Gasteiger partial charge on any atom is 0.186 e. The SMILES string of the molecule is CO[C@@H]1O[C@H](C(C)=O)[C@@H](O)[C@H](O)[C@H]1O. The molecule has 0 bridgehead atoms. The molecule has 1 fully saturated rings. The van der Waals surface area contributed by atoms with E-state index in [-0.39, 0.29) is 0 Å². The van der Waals surface area contributed by atoms with Gasteiger partial charge in [-0.05, 0) is 6.92 Å². The average Bonchev–Trinajstić information content (AvgIpc) is 2.14. The molecule has 0 aromatic carbocycles. The van der Waals surface area contributed by atoms with Crippen molar-refractivity contribution < 1.29 is 29.6 Å². The second-order valence-electron chi connectivity index (χ2n) is 3.24. The van der Waals surface area contributed by atoms with Gasteiger partial charge in [0.05, 0.1) is 0 Å². The Labute approximate surface area is 81.1 Å². The lowest BCUT2D eigenvalue weighted by atomic mass is 9.97. The molecular formula is C8H14O6. The van der Waals surface area contributed by atoms with E-state index in [4.69, 9.17) is 9.47 Å². The summed E-state index contributed by atoms with van der Waals surface area (Å²) in [6, 6.07) is 0. The van der Waals surface area contributed by atoms with Crippen LogP contribution < -0.4 is 0 Å². The van der Waals surface area contributed by atoms with E-state index in [1.807, 2.05) is 0 Å². The second-order valence-corrected chi connectivity index (χ2v) is 3.24. The number of ether oxygens (including phenoxy) is 2. The highest BCUT2D eigenvalue weighted by Crippen LogP contribution is 2.21. The van der Waals surface area contributed by atoms with Gasteiger partial charge in [-0.2, -0.15) is 0 Å². The fraction of sp³-hybridized carbons (Fsp3) is 0.875. The summed E-state index contributed by atoms with van der Waals surface area (Å²) in [5.74, 6) is -0.425. The number of rotatable bonds is 2. The largest absolute Gasteiger partial charge is 0.387 e. The van der Waals surface area contributed by atoms with Crippen LogP contribution in [0.2, 0.25) is 0 Å². The van der Waals surface area contributed by atoms with Gasteiger partial charge in [0.1, 0.15) is 24.4 Å². The summed E-state index contributed by atoms with van der Waals surface area (Å²) in [6.45, 7) is 1.23. The Balaban J connectivity index is 2.78. The van der Waals surface area contributed by atoms with E-state index in [0.29, 0.717) is 0 Å². The third-order valence-electron chi connectivity index (χ3n) is 2.20. The normalized spacial score (nSPS) is 43.6. The van der Waals surface area contributed by atoms with Crippen LogP contribution in [0.5, 0.6) is 0 Å². The number of Topliss-reactive ketones (excluding diaryl/α,β-unsaturated/α-hetero) is 1. The molecule has 82 valence electrons. The molecular weight excluding hydrogens is 192 g/mol. The number of methoxy groups -OCH3 is 1. The lowest BCUT2D eigenvalue weighted by Crippen LogP contribution is -2.59. The fourth-order valence-corrected chi connectivity index (χ4v) is 1.38. The molecule has 3 N–H and O–H groups in total. The third-order valence-corrected chi connectivity index (χ3v) is 2.20. The summed E-state index contributed by atoms with van der Waals surface area (Å²) in [5, 5.41) is 28.1. The first-order valence-corrected chi connectivity index (χ1v) is 4.22. The number of hydrogen-bond donors (Lipinski definition) is 3. The van der Waals surface area contributed by atoms with Crippen molar-refractivity contribution in [1.82, 2.24) is 0 Å². The number of carbonyl (C=O) groups excluding carboxylic acids is 1. The number of carbonyl (C=O) groups is 1. The van der Waals surface area contributed by atoms with Crippen LogP contribution >= 0.6 is 0 Å². The molecule has 0 radical (unpaired) electrons. The van der Waals surface area contributed by atoms with Gasteiger partial charge in [0, 0.05) is 7.11 Å². The van der Waals surface area contributed by atoms with E-state index >= 15 is 0 Å². The highest BCUT2D eigenvalue weighted by Gasteiger charge is 2.45. The standard InChI is InChI=1S/C8H14O6/c1-3(9)7-5(11)4(10)6(12)8(13-2)14-7/h4-8,10-12H,1-2H3/t4-,5-,6+,7+,8+/m0/s1. The van der Waals surface area contributed by atoms with Gasteiger partial charge in [0.15, 0.2) is 12.1 Å². The number of aliphatic hydroxyl groups is 3. The van der Waals surface area contributed by atoms with E-state index in [9.17, 15) is 20.1 Å². The predicted molar refractivity (Wildman–Crippen MR) is 44.4 cm³/mol. The molecule has 1 aliphatic heterocycles. The molecule has 0 saturated carbocycles. The summed E-state index contributed by atoms with van der Waals surface area (Å²) >= 11 is 0. The summed E-state index contributed by atoms with van der Waals surface area (Å²) in [4.78, 5) is 11.0. The van der Waals surface area contributed by atoms with Crippen molar-refractivity contribution in [3.05, 3.63) is 0 Å². The minimum Gasteiger partial charge on any atom is -0.387 e. The van der Waals surface area contributed by atoms with Crippen molar-refractivity contribution in [3.8, 4) is 0 Å². The Hall–Kier alpha value is -0.530. The molecule has 0 unspecified atom stereocenters. The number of ketones is 1. The van der Waals surface area contributed by atoms with Crippen LogP contribution in [0.3, 0.4) is 0 Å². The summed E-state index contributed by atoms with van der Waals surface area (Å²) in [6.07, 6.45) is -6.47. The van der Waals surface area contributed by atoms with Crippen molar-refractivity contribution >= 4 is 5.78 Å². The van der Waals surface area contributed by atoms with E-state index in [2.05, 4.69) is 0 Å². The van der Waals surface area contributed by atoms with Crippen LogP contribution in [0.4, 0.5) is 0 Å². The van der Waals surface area contributed by atoms with Crippen molar-refractivity contribution in [3.63, 3.8) is 0 Å². The number of aliphatic hydroxyl groups excluding tert-OH is 3. The zero-order valence-corrected chi connectivity index (χ0v) is 7.95. The fourth-order valence-electron chi connectivity index (χ4n) is 1.38. The molecule has 1 aliphatic rings. The van der Waals surface area contributed by atoms with Gasteiger partial charge in [0.25, 0.3) is 0 Å². The molecule has 1 saturated heterocycles. The Morgan fingerprint density at radius 2 is 1.79 bits per heavy atom. The maximum absolute atomic E-state index is 11.0. The van der Waals surface area contributed by atoms with Crippen LogP contribution in [0.15, 0.2) is 0 Å². The topological polar surface area (TPSA) is 96.2 Å². The van der Waals surface area contributed by atoms with E-state index in [1.54, 1.807) is 0 Å². The van der Waals surface area contributed by atoms with Crippen LogP contribution in [0, 0.1) is 0 Å². The molecule has 5 atom stereocenters. The molecule has 14 heavy (non-hydrogen) atoms.